The first-order chi connectivity index (χ1) is 10.2. The van der Waals surface area contributed by atoms with Crippen molar-refractivity contribution in [3.63, 3.8) is 0 Å². The summed E-state index contributed by atoms with van der Waals surface area (Å²) >= 11 is 10.2. The molecule has 0 spiro atoms. The molecule has 0 fully saturated rings. The van der Waals surface area contributed by atoms with Crippen LogP contribution in [0.1, 0.15) is 27.6 Å². The predicted octanol–water partition coefficient (Wildman–Crippen LogP) is 6.03. The lowest BCUT2D eigenvalue weighted by molar-refractivity contribution is 1.02. The molecule has 1 atom stereocenters. The van der Waals surface area contributed by atoms with Gasteiger partial charge in [0.25, 0.3) is 0 Å². The number of halogens is 2. The minimum absolute atomic E-state index is 0.108. The molecule has 0 N–H and O–H groups in total. The standard InChI is InChI=1S/C19H14BrCl/c20-15-9-6-14(7-10-15)19(21)17-11-8-13-5-4-12-2-1-3-16(17)18(12)13/h1-3,6-11,19H,4-5H2. The van der Waals surface area contributed by atoms with Crippen molar-refractivity contribution in [2.24, 2.45) is 0 Å². The van der Waals surface area contributed by atoms with Crippen LogP contribution in [0.3, 0.4) is 0 Å². The monoisotopic (exact) mass is 356 g/mol. The molecule has 1 unspecified atom stereocenters. The van der Waals surface area contributed by atoms with Gasteiger partial charge in [-0.2, -0.15) is 0 Å². The second-order valence-electron chi connectivity index (χ2n) is 5.57. The summed E-state index contributed by atoms with van der Waals surface area (Å²) in [6, 6.07) is 19.3. The average Bonchev–Trinajstić information content (AvgIpc) is 2.93. The zero-order chi connectivity index (χ0) is 14.4. The van der Waals surface area contributed by atoms with Crippen LogP contribution >= 0.6 is 27.5 Å². The largest absolute Gasteiger partial charge is 0.113 e. The SMILES string of the molecule is ClC(c1ccc(Br)cc1)c1ccc2c3c(cccc13)CC2. The van der Waals surface area contributed by atoms with Gasteiger partial charge in [0.15, 0.2) is 0 Å². The van der Waals surface area contributed by atoms with Gasteiger partial charge in [-0.3, -0.25) is 0 Å². The highest BCUT2D eigenvalue weighted by Crippen LogP contribution is 2.39. The van der Waals surface area contributed by atoms with E-state index in [0.29, 0.717) is 0 Å². The Morgan fingerprint density at radius 2 is 1.57 bits per heavy atom. The number of rotatable bonds is 2. The molecule has 0 aliphatic heterocycles. The van der Waals surface area contributed by atoms with E-state index < -0.39 is 0 Å². The number of alkyl halides is 1. The fraction of sp³-hybridized carbons (Fsp3) is 0.158. The Morgan fingerprint density at radius 3 is 2.33 bits per heavy atom. The van der Waals surface area contributed by atoms with E-state index in [2.05, 4.69) is 58.4 Å². The van der Waals surface area contributed by atoms with E-state index in [1.54, 1.807) is 0 Å². The average molecular weight is 358 g/mol. The molecule has 0 saturated carbocycles. The number of hydrogen-bond donors (Lipinski definition) is 0. The van der Waals surface area contributed by atoms with Crippen molar-refractivity contribution in [1.82, 2.24) is 0 Å². The Morgan fingerprint density at radius 1 is 0.857 bits per heavy atom. The summed E-state index contributed by atoms with van der Waals surface area (Å²) in [5.41, 5.74) is 5.27. The molecular weight excluding hydrogens is 344 g/mol. The van der Waals surface area contributed by atoms with Crippen molar-refractivity contribution in [3.8, 4) is 0 Å². The maximum Gasteiger partial charge on any atom is 0.0841 e. The highest BCUT2D eigenvalue weighted by atomic mass is 79.9. The first kappa shape index (κ1) is 13.4. The third kappa shape index (κ3) is 2.20. The van der Waals surface area contributed by atoms with E-state index in [-0.39, 0.29) is 5.38 Å². The molecule has 0 aromatic heterocycles. The van der Waals surface area contributed by atoms with Gasteiger partial charge in [-0.05, 0) is 58.0 Å². The van der Waals surface area contributed by atoms with Crippen LogP contribution in [0.4, 0.5) is 0 Å². The van der Waals surface area contributed by atoms with Gasteiger partial charge in [0.1, 0.15) is 0 Å². The minimum Gasteiger partial charge on any atom is -0.113 e. The summed E-state index contributed by atoms with van der Waals surface area (Å²) in [4.78, 5) is 0. The molecule has 0 heterocycles. The second kappa shape index (κ2) is 5.15. The maximum absolute atomic E-state index is 6.77. The Bertz CT molecular complexity index is 811. The summed E-state index contributed by atoms with van der Waals surface area (Å²) in [6.45, 7) is 0. The zero-order valence-electron chi connectivity index (χ0n) is 11.4. The van der Waals surface area contributed by atoms with Crippen LogP contribution in [-0.2, 0) is 12.8 Å². The van der Waals surface area contributed by atoms with Gasteiger partial charge in [-0.25, -0.2) is 0 Å². The molecule has 0 radical (unpaired) electrons. The molecule has 21 heavy (non-hydrogen) atoms. The Balaban J connectivity index is 1.89. The van der Waals surface area contributed by atoms with Crippen molar-refractivity contribution in [2.75, 3.05) is 0 Å². The van der Waals surface area contributed by atoms with Gasteiger partial charge in [0.2, 0.25) is 0 Å². The molecule has 1 aliphatic carbocycles. The van der Waals surface area contributed by atoms with Crippen molar-refractivity contribution in [2.45, 2.75) is 18.2 Å². The molecule has 0 amide bonds. The first-order valence-electron chi connectivity index (χ1n) is 7.17. The second-order valence-corrected chi connectivity index (χ2v) is 6.92. The molecule has 3 aromatic rings. The lowest BCUT2D eigenvalue weighted by Gasteiger charge is -2.15. The molecule has 2 heteroatoms. The third-order valence-corrected chi connectivity index (χ3v) is 5.36. The summed E-state index contributed by atoms with van der Waals surface area (Å²) in [7, 11) is 0. The van der Waals surface area contributed by atoms with Crippen LogP contribution in [0, 0.1) is 0 Å². The number of benzene rings is 3. The van der Waals surface area contributed by atoms with Gasteiger partial charge in [0.05, 0.1) is 5.38 Å². The summed E-state index contributed by atoms with van der Waals surface area (Å²) in [6.07, 6.45) is 2.31. The van der Waals surface area contributed by atoms with Crippen LogP contribution < -0.4 is 0 Å². The van der Waals surface area contributed by atoms with Crippen LogP contribution in [0.15, 0.2) is 59.1 Å². The lowest BCUT2D eigenvalue weighted by atomic mass is 9.95. The molecule has 0 nitrogen and oxygen atoms in total. The summed E-state index contributed by atoms with van der Waals surface area (Å²) < 4.78 is 1.08. The summed E-state index contributed by atoms with van der Waals surface area (Å²) in [5, 5.41) is 2.63. The van der Waals surface area contributed by atoms with Gasteiger partial charge in [-0.1, -0.05) is 58.4 Å². The topological polar surface area (TPSA) is 0 Å². The summed E-state index contributed by atoms with van der Waals surface area (Å²) in [5.74, 6) is 0. The lowest BCUT2D eigenvalue weighted by Crippen LogP contribution is -1.95. The van der Waals surface area contributed by atoms with E-state index in [0.717, 1.165) is 22.9 Å². The fourth-order valence-electron chi connectivity index (χ4n) is 3.30. The first-order valence-corrected chi connectivity index (χ1v) is 8.40. The van der Waals surface area contributed by atoms with E-state index in [1.807, 2.05) is 12.1 Å². The molecule has 1 aliphatic rings. The Kier molecular flexibility index (Phi) is 3.28. The Hall–Kier alpha value is -1.31. The number of aryl methyl sites for hydroxylation is 2. The number of hydrogen-bond acceptors (Lipinski definition) is 0. The zero-order valence-corrected chi connectivity index (χ0v) is 13.8. The Labute approximate surface area is 137 Å². The van der Waals surface area contributed by atoms with E-state index in [9.17, 15) is 0 Å². The van der Waals surface area contributed by atoms with Crippen LogP contribution in [0.25, 0.3) is 10.8 Å². The molecular formula is C19H14BrCl. The highest BCUT2D eigenvalue weighted by molar-refractivity contribution is 9.10. The van der Waals surface area contributed by atoms with E-state index in [1.165, 1.54) is 27.5 Å². The van der Waals surface area contributed by atoms with E-state index in [4.69, 9.17) is 11.6 Å². The third-order valence-electron chi connectivity index (χ3n) is 4.35. The smallest absolute Gasteiger partial charge is 0.0841 e. The van der Waals surface area contributed by atoms with Crippen molar-refractivity contribution in [1.29, 1.82) is 0 Å². The van der Waals surface area contributed by atoms with Crippen molar-refractivity contribution >= 4 is 38.3 Å². The fourth-order valence-corrected chi connectivity index (χ4v) is 3.90. The van der Waals surface area contributed by atoms with Crippen molar-refractivity contribution < 1.29 is 0 Å². The molecule has 0 bridgehead atoms. The van der Waals surface area contributed by atoms with E-state index >= 15 is 0 Å². The van der Waals surface area contributed by atoms with Gasteiger partial charge in [-0.15, -0.1) is 11.6 Å². The normalized spacial score (nSPS) is 14.6. The maximum atomic E-state index is 6.77. The molecule has 4 rings (SSSR count). The molecule has 104 valence electrons. The predicted molar refractivity (Wildman–Crippen MR) is 93.2 cm³/mol. The van der Waals surface area contributed by atoms with Crippen LogP contribution in [-0.4, -0.2) is 0 Å². The minimum atomic E-state index is -0.108. The van der Waals surface area contributed by atoms with Crippen LogP contribution in [0.5, 0.6) is 0 Å². The molecule has 3 aromatic carbocycles. The quantitative estimate of drug-likeness (QED) is 0.491. The highest BCUT2D eigenvalue weighted by Gasteiger charge is 2.19. The van der Waals surface area contributed by atoms with Crippen LogP contribution in [0.2, 0.25) is 0 Å². The van der Waals surface area contributed by atoms with Gasteiger partial charge in [0, 0.05) is 4.47 Å². The van der Waals surface area contributed by atoms with Gasteiger partial charge >= 0.3 is 0 Å². The molecule has 0 saturated heterocycles. The van der Waals surface area contributed by atoms with Crippen molar-refractivity contribution in [3.05, 3.63) is 81.3 Å². The van der Waals surface area contributed by atoms with Gasteiger partial charge < -0.3 is 0 Å².